The number of carboxylic acid groups (broad SMARTS) is 1. The van der Waals surface area contributed by atoms with Gasteiger partial charge >= 0.3 is 5.97 Å². The van der Waals surface area contributed by atoms with E-state index in [1.54, 1.807) is 12.3 Å². The van der Waals surface area contributed by atoms with Crippen molar-refractivity contribution >= 4 is 34.8 Å². The van der Waals surface area contributed by atoms with Crippen LogP contribution in [0, 0.1) is 0 Å². The van der Waals surface area contributed by atoms with Crippen LogP contribution in [0.3, 0.4) is 0 Å². The molecular weight excluding hydrogens is 280 g/mol. The second kappa shape index (κ2) is 5.66. The SMILES string of the molecule is CCN(C(=O)c1csnn1)c1ccc(C(=O)O)cc1N. The predicted molar refractivity (Wildman–Crippen MR) is 75.1 cm³/mol. The topological polar surface area (TPSA) is 109 Å². The third kappa shape index (κ3) is 2.59. The first-order valence-electron chi connectivity index (χ1n) is 5.76. The van der Waals surface area contributed by atoms with E-state index in [4.69, 9.17) is 10.8 Å². The highest BCUT2D eigenvalue weighted by atomic mass is 32.1. The van der Waals surface area contributed by atoms with E-state index in [0.717, 1.165) is 11.5 Å². The summed E-state index contributed by atoms with van der Waals surface area (Å²) in [6, 6.07) is 4.25. The maximum atomic E-state index is 12.3. The molecule has 0 saturated heterocycles. The summed E-state index contributed by atoms with van der Waals surface area (Å²) in [5, 5.41) is 14.2. The fourth-order valence-electron chi connectivity index (χ4n) is 1.75. The van der Waals surface area contributed by atoms with Crippen LogP contribution in [0.25, 0.3) is 0 Å². The highest BCUT2D eigenvalue weighted by Gasteiger charge is 2.21. The van der Waals surface area contributed by atoms with E-state index in [-0.39, 0.29) is 22.9 Å². The normalized spacial score (nSPS) is 10.2. The number of rotatable bonds is 4. The molecule has 1 heterocycles. The Kier molecular flexibility index (Phi) is 3.94. The average molecular weight is 292 g/mol. The molecule has 0 atom stereocenters. The predicted octanol–water partition coefficient (Wildman–Crippen LogP) is 1.49. The number of aromatic carboxylic acids is 1. The van der Waals surface area contributed by atoms with Crippen molar-refractivity contribution in [2.45, 2.75) is 6.92 Å². The highest BCUT2D eigenvalue weighted by molar-refractivity contribution is 7.03. The Morgan fingerprint density at radius 1 is 1.45 bits per heavy atom. The Hall–Kier alpha value is -2.48. The molecule has 0 saturated carbocycles. The Bertz CT molecular complexity index is 642. The van der Waals surface area contributed by atoms with Crippen molar-refractivity contribution in [2.75, 3.05) is 17.2 Å². The monoisotopic (exact) mass is 292 g/mol. The Labute approximate surface area is 118 Å². The van der Waals surface area contributed by atoms with Crippen molar-refractivity contribution in [1.82, 2.24) is 9.59 Å². The van der Waals surface area contributed by atoms with Gasteiger partial charge < -0.3 is 15.7 Å². The molecule has 8 heteroatoms. The zero-order chi connectivity index (χ0) is 14.7. The van der Waals surface area contributed by atoms with E-state index < -0.39 is 5.97 Å². The van der Waals surface area contributed by atoms with Crippen LogP contribution in [0.1, 0.15) is 27.8 Å². The van der Waals surface area contributed by atoms with Crippen LogP contribution in [0.4, 0.5) is 11.4 Å². The van der Waals surface area contributed by atoms with Gasteiger partial charge in [0, 0.05) is 11.9 Å². The van der Waals surface area contributed by atoms with Crippen molar-refractivity contribution in [3.8, 4) is 0 Å². The quantitative estimate of drug-likeness (QED) is 0.826. The first-order chi connectivity index (χ1) is 9.54. The molecule has 104 valence electrons. The number of amides is 1. The van der Waals surface area contributed by atoms with Gasteiger partial charge in [0.05, 0.1) is 16.9 Å². The summed E-state index contributed by atoms with van der Waals surface area (Å²) in [4.78, 5) is 24.6. The van der Waals surface area contributed by atoms with Crippen LogP contribution in [-0.4, -0.2) is 33.1 Å². The fourth-order valence-corrected chi connectivity index (χ4v) is 2.18. The summed E-state index contributed by atoms with van der Waals surface area (Å²) < 4.78 is 3.65. The van der Waals surface area contributed by atoms with Crippen LogP contribution in [0.2, 0.25) is 0 Å². The molecule has 0 aliphatic rings. The lowest BCUT2D eigenvalue weighted by molar-refractivity contribution is 0.0697. The lowest BCUT2D eigenvalue weighted by atomic mass is 10.1. The zero-order valence-corrected chi connectivity index (χ0v) is 11.4. The minimum atomic E-state index is -1.07. The number of carbonyl (C=O) groups excluding carboxylic acids is 1. The molecule has 0 unspecified atom stereocenters. The number of benzene rings is 1. The number of carbonyl (C=O) groups is 2. The van der Waals surface area contributed by atoms with Gasteiger partial charge in [0.1, 0.15) is 0 Å². The van der Waals surface area contributed by atoms with Gasteiger partial charge in [0.25, 0.3) is 5.91 Å². The average Bonchev–Trinajstić information content (AvgIpc) is 2.94. The van der Waals surface area contributed by atoms with Gasteiger partial charge in [-0.3, -0.25) is 4.79 Å². The number of anilines is 2. The van der Waals surface area contributed by atoms with Crippen molar-refractivity contribution in [1.29, 1.82) is 0 Å². The molecule has 1 aromatic carbocycles. The molecule has 20 heavy (non-hydrogen) atoms. The lowest BCUT2D eigenvalue weighted by Gasteiger charge is -2.21. The van der Waals surface area contributed by atoms with E-state index in [2.05, 4.69) is 9.59 Å². The standard InChI is InChI=1S/C12H12N4O3S/c1-2-16(11(17)9-6-20-15-14-9)10-4-3-7(12(18)19)5-8(10)13/h3-6H,2,13H2,1H3,(H,18,19). The van der Waals surface area contributed by atoms with Crippen molar-refractivity contribution in [3.05, 3.63) is 34.8 Å². The highest BCUT2D eigenvalue weighted by Crippen LogP contribution is 2.25. The summed E-state index contributed by atoms with van der Waals surface area (Å²) in [6.07, 6.45) is 0. The van der Waals surface area contributed by atoms with Gasteiger partial charge in [-0.25, -0.2) is 4.79 Å². The van der Waals surface area contributed by atoms with Crippen LogP contribution in [0.5, 0.6) is 0 Å². The molecule has 1 amide bonds. The number of nitrogen functional groups attached to an aromatic ring is 1. The van der Waals surface area contributed by atoms with Crippen molar-refractivity contribution < 1.29 is 14.7 Å². The van der Waals surface area contributed by atoms with Crippen molar-refractivity contribution in [3.63, 3.8) is 0 Å². The molecule has 3 N–H and O–H groups in total. The van der Waals surface area contributed by atoms with Gasteiger partial charge in [0.2, 0.25) is 0 Å². The molecule has 0 bridgehead atoms. The fraction of sp³-hybridized carbons (Fsp3) is 0.167. The lowest BCUT2D eigenvalue weighted by Crippen LogP contribution is -2.31. The Morgan fingerprint density at radius 3 is 2.70 bits per heavy atom. The van der Waals surface area contributed by atoms with E-state index in [1.807, 2.05) is 0 Å². The van der Waals surface area contributed by atoms with Gasteiger partial charge in [0.15, 0.2) is 5.69 Å². The summed E-state index contributed by atoms with van der Waals surface area (Å²) >= 11 is 1.08. The molecule has 0 aliphatic heterocycles. The largest absolute Gasteiger partial charge is 0.478 e. The van der Waals surface area contributed by atoms with Crippen LogP contribution in [-0.2, 0) is 0 Å². The smallest absolute Gasteiger partial charge is 0.335 e. The zero-order valence-electron chi connectivity index (χ0n) is 10.6. The Morgan fingerprint density at radius 2 is 2.20 bits per heavy atom. The molecule has 0 spiro atoms. The molecule has 0 fully saturated rings. The Balaban J connectivity index is 2.37. The van der Waals surface area contributed by atoms with E-state index in [1.165, 1.54) is 23.1 Å². The van der Waals surface area contributed by atoms with Gasteiger partial charge in [-0.05, 0) is 36.7 Å². The summed E-state index contributed by atoms with van der Waals surface area (Å²) in [6.45, 7) is 2.18. The minimum Gasteiger partial charge on any atom is -0.478 e. The second-order valence-electron chi connectivity index (χ2n) is 3.92. The van der Waals surface area contributed by atoms with Gasteiger partial charge in [-0.15, -0.1) is 5.10 Å². The maximum Gasteiger partial charge on any atom is 0.335 e. The summed E-state index contributed by atoms with van der Waals surface area (Å²) in [5.41, 5.74) is 6.82. The van der Waals surface area contributed by atoms with Crippen LogP contribution in [0.15, 0.2) is 23.6 Å². The van der Waals surface area contributed by atoms with Gasteiger partial charge in [-0.2, -0.15) is 0 Å². The van der Waals surface area contributed by atoms with Crippen LogP contribution < -0.4 is 10.6 Å². The molecular formula is C12H12N4O3S. The molecule has 0 aliphatic carbocycles. The van der Waals surface area contributed by atoms with E-state index in [0.29, 0.717) is 12.2 Å². The second-order valence-corrected chi connectivity index (χ2v) is 4.53. The minimum absolute atomic E-state index is 0.0741. The third-order valence-corrected chi connectivity index (χ3v) is 3.21. The molecule has 2 rings (SSSR count). The van der Waals surface area contributed by atoms with Crippen molar-refractivity contribution in [2.24, 2.45) is 0 Å². The number of nitrogens with zero attached hydrogens (tertiary/aromatic N) is 3. The number of hydrogen-bond acceptors (Lipinski definition) is 6. The number of aromatic nitrogens is 2. The third-order valence-electron chi connectivity index (χ3n) is 2.71. The first-order valence-corrected chi connectivity index (χ1v) is 6.60. The molecule has 1 aromatic heterocycles. The summed E-state index contributed by atoms with van der Waals surface area (Å²) in [5.74, 6) is -1.39. The first kappa shape index (κ1) is 13.9. The molecule has 7 nitrogen and oxygen atoms in total. The molecule has 2 aromatic rings. The molecule has 0 radical (unpaired) electrons. The summed E-state index contributed by atoms with van der Waals surface area (Å²) in [7, 11) is 0. The number of carboxylic acids is 1. The van der Waals surface area contributed by atoms with Gasteiger partial charge in [-0.1, -0.05) is 4.49 Å². The van der Waals surface area contributed by atoms with Crippen LogP contribution >= 0.6 is 11.5 Å². The number of hydrogen-bond donors (Lipinski definition) is 2. The maximum absolute atomic E-state index is 12.3. The van der Waals surface area contributed by atoms with E-state index in [9.17, 15) is 9.59 Å². The number of nitrogens with two attached hydrogens (primary N) is 1. The van der Waals surface area contributed by atoms with E-state index >= 15 is 0 Å².